The number of morpholine rings is 1. The third-order valence-corrected chi connectivity index (χ3v) is 4.54. The highest BCUT2D eigenvalue weighted by Gasteiger charge is 2.29. The molecule has 0 radical (unpaired) electrons. The zero-order chi connectivity index (χ0) is 18.1. The quantitative estimate of drug-likeness (QED) is 0.538. The van der Waals surface area contributed by atoms with E-state index in [1.165, 1.54) is 17.0 Å². The van der Waals surface area contributed by atoms with Gasteiger partial charge in [0, 0.05) is 30.4 Å². The fraction of sp³-hybridized carbons (Fsp3) is 0.200. The fourth-order valence-electron chi connectivity index (χ4n) is 3.22. The van der Waals surface area contributed by atoms with Crippen molar-refractivity contribution in [2.24, 2.45) is 0 Å². The molecule has 1 aromatic carbocycles. The van der Waals surface area contributed by atoms with Gasteiger partial charge in [-0.1, -0.05) is 18.2 Å². The van der Waals surface area contributed by atoms with E-state index in [0.717, 1.165) is 5.52 Å². The molecular formula is C20H17FN2O3. The molecule has 0 atom stereocenters. The number of nitrogens with zero attached hydrogens (tertiary/aromatic N) is 2. The molecule has 3 aromatic rings. The van der Waals surface area contributed by atoms with Crippen molar-refractivity contribution in [1.29, 1.82) is 0 Å². The maximum atomic E-state index is 13.3. The highest BCUT2D eigenvalue weighted by atomic mass is 19.1. The number of pyridine rings is 1. The second-order valence-corrected chi connectivity index (χ2v) is 6.14. The molecular weight excluding hydrogens is 335 g/mol. The number of rotatable bonds is 3. The van der Waals surface area contributed by atoms with E-state index in [-0.39, 0.29) is 5.82 Å². The topological polar surface area (TPSA) is 51.0 Å². The molecule has 0 saturated carbocycles. The Bertz CT molecular complexity index is 972. The molecule has 1 saturated heterocycles. The van der Waals surface area contributed by atoms with Crippen LogP contribution in [-0.4, -0.2) is 47.3 Å². The van der Waals surface area contributed by atoms with Crippen LogP contribution in [0.1, 0.15) is 10.5 Å². The lowest BCUT2D eigenvalue weighted by Crippen LogP contribution is -2.44. The number of carbonyl (C=O) groups excluding carboxylic acids is 2. The molecule has 4 rings (SSSR count). The van der Waals surface area contributed by atoms with Crippen molar-refractivity contribution < 1.29 is 18.7 Å². The first kappa shape index (κ1) is 16.5. The van der Waals surface area contributed by atoms with Crippen LogP contribution in [0.4, 0.5) is 4.39 Å². The van der Waals surface area contributed by atoms with E-state index in [1.54, 1.807) is 28.8 Å². The molecule has 0 bridgehead atoms. The van der Waals surface area contributed by atoms with Gasteiger partial charge < -0.3 is 14.0 Å². The smallest absolute Gasteiger partial charge is 0.296 e. The molecule has 1 fully saturated rings. The first-order valence-electron chi connectivity index (χ1n) is 8.42. The van der Waals surface area contributed by atoms with Crippen LogP contribution in [-0.2, 0) is 9.53 Å². The van der Waals surface area contributed by atoms with E-state index in [0.29, 0.717) is 43.1 Å². The van der Waals surface area contributed by atoms with Crippen LogP contribution in [0.2, 0.25) is 0 Å². The number of ketones is 1. The van der Waals surface area contributed by atoms with Gasteiger partial charge in [-0.25, -0.2) is 4.39 Å². The summed E-state index contributed by atoms with van der Waals surface area (Å²) < 4.78 is 20.2. The fourth-order valence-corrected chi connectivity index (χ4v) is 3.22. The Morgan fingerprint density at radius 1 is 1.00 bits per heavy atom. The van der Waals surface area contributed by atoms with Crippen molar-refractivity contribution in [2.75, 3.05) is 26.3 Å². The van der Waals surface area contributed by atoms with Gasteiger partial charge in [0.05, 0.1) is 13.2 Å². The second kappa shape index (κ2) is 6.72. The maximum absolute atomic E-state index is 13.3. The number of benzene rings is 1. The molecule has 1 aliphatic heterocycles. The van der Waals surface area contributed by atoms with Crippen LogP contribution in [0.15, 0.2) is 54.7 Å². The number of amides is 1. The lowest BCUT2D eigenvalue weighted by molar-refractivity contribution is -0.130. The van der Waals surface area contributed by atoms with Crippen LogP contribution in [0, 0.1) is 5.82 Å². The van der Waals surface area contributed by atoms with E-state index in [2.05, 4.69) is 0 Å². The normalized spacial score (nSPS) is 14.6. The predicted octanol–water partition coefficient (Wildman–Crippen LogP) is 2.79. The summed E-state index contributed by atoms with van der Waals surface area (Å²) in [6.45, 7) is 1.66. The SMILES string of the molecule is O=C(C(=O)N1CCOCC1)c1c(-c2ccc(F)cc2)cc2ccccn12. The van der Waals surface area contributed by atoms with Gasteiger partial charge in [-0.05, 0) is 35.9 Å². The zero-order valence-corrected chi connectivity index (χ0v) is 14.0. The number of halogens is 1. The molecule has 5 nitrogen and oxygen atoms in total. The Hall–Kier alpha value is -2.99. The summed E-state index contributed by atoms with van der Waals surface area (Å²) in [6, 6.07) is 13.3. The van der Waals surface area contributed by atoms with Crippen LogP contribution < -0.4 is 0 Å². The van der Waals surface area contributed by atoms with Crippen molar-refractivity contribution in [3.05, 3.63) is 66.2 Å². The summed E-state index contributed by atoms with van der Waals surface area (Å²) >= 11 is 0. The maximum Gasteiger partial charge on any atom is 0.296 e. The van der Waals surface area contributed by atoms with E-state index in [9.17, 15) is 14.0 Å². The van der Waals surface area contributed by atoms with Crippen LogP contribution in [0.5, 0.6) is 0 Å². The van der Waals surface area contributed by atoms with Gasteiger partial charge >= 0.3 is 0 Å². The van der Waals surface area contributed by atoms with Crippen molar-refractivity contribution in [3.63, 3.8) is 0 Å². The summed E-state index contributed by atoms with van der Waals surface area (Å²) in [7, 11) is 0. The van der Waals surface area contributed by atoms with Crippen molar-refractivity contribution in [1.82, 2.24) is 9.30 Å². The third-order valence-electron chi connectivity index (χ3n) is 4.54. The molecule has 6 heteroatoms. The first-order valence-corrected chi connectivity index (χ1v) is 8.42. The van der Waals surface area contributed by atoms with Gasteiger partial charge in [0.2, 0.25) is 0 Å². The number of ether oxygens (including phenoxy) is 1. The van der Waals surface area contributed by atoms with Gasteiger partial charge in [0.1, 0.15) is 11.5 Å². The standard InChI is InChI=1S/C20H17FN2O3/c21-15-6-4-14(5-7-15)17-13-16-3-1-2-8-23(16)18(17)19(24)20(25)22-9-11-26-12-10-22/h1-8,13H,9-12H2. The van der Waals surface area contributed by atoms with E-state index in [1.807, 2.05) is 18.2 Å². The summed E-state index contributed by atoms with van der Waals surface area (Å²) in [5, 5.41) is 0. The summed E-state index contributed by atoms with van der Waals surface area (Å²) in [5.41, 5.74) is 2.39. The molecule has 26 heavy (non-hydrogen) atoms. The van der Waals surface area contributed by atoms with E-state index >= 15 is 0 Å². The molecule has 0 N–H and O–H groups in total. The highest BCUT2D eigenvalue weighted by Crippen LogP contribution is 2.29. The minimum atomic E-state index is -0.572. The average molecular weight is 352 g/mol. The Balaban J connectivity index is 1.82. The lowest BCUT2D eigenvalue weighted by Gasteiger charge is -2.26. The van der Waals surface area contributed by atoms with Crippen molar-refractivity contribution in [2.45, 2.75) is 0 Å². The zero-order valence-electron chi connectivity index (χ0n) is 14.0. The third kappa shape index (κ3) is 2.88. The molecule has 1 amide bonds. The molecule has 0 spiro atoms. The summed E-state index contributed by atoms with van der Waals surface area (Å²) in [4.78, 5) is 27.3. The number of Topliss-reactive ketones (excluding diaryl/α,β-unsaturated/α-hetero) is 1. The van der Waals surface area contributed by atoms with E-state index < -0.39 is 11.7 Å². The first-order chi connectivity index (χ1) is 12.6. The van der Waals surface area contributed by atoms with Gasteiger partial charge in [-0.2, -0.15) is 0 Å². The van der Waals surface area contributed by atoms with Gasteiger partial charge in [-0.15, -0.1) is 0 Å². The summed E-state index contributed by atoms with van der Waals surface area (Å²) in [6.07, 6.45) is 1.75. The van der Waals surface area contributed by atoms with Gasteiger partial charge in [0.15, 0.2) is 0 Å². The number of fused-ring (bicyclic) bond motifs is 1. The molecule has 0 aliphatic carbocycles. The van der Waals surface area contributed by atoms with Crippen LogP contribution >= 0.6 is 0 Å². The molecule has 1 aliphatic rings. The van der Waals surface area contributed by atoms with Crippen LogP contribution in [0.3, 0.4) is 0 Å². The number of hydrogen-bond donors (Lipinski definition) is 0. The Labute approximate surface area is 149 Å². The largest absolute Gasteiger partial charge is 0.378 e. The predicted molar refractivity (Wildman–Crippen MR) is 94.5 cm³/mol. The molecule has 3 heterocycles. The Kier molecular flexibility index (Phi) is 4.26. The molecule has 0 unspecified atom stereocenters. The van der Waals surface area contributed by atoms with Crippen molar-refractivity contribution >= 4 is 17.2 Å². The Morgan fingerprint density at radius 3 is 2.46 bits per heavy atom. The summed E-state index contributed by atoms with van der Waals surface area (Å²) in [5.74, 6) is -1.47. The number of aromatic nitrogens is 1. The van der Waals surface area contributed by atoms with Gasteiger partial charge in [-0.3, -0.25) is 9.59 Å². The number of carbonyl (C=O) groups is 2. The minimum absolute atomic E-state index is 0.295. The molecule has 2 aromatic heterocycles. The minimum Gasteiger partial charge on any atom is -0.378 e. The Morgan fingerprint density at radius 2 is 1.73 bits per heavy atom. The lowest BCUT2D eigenvalue weighted by atomic mass is 10.0. The second-order valence-electron chi connectivity index (χ2n) is 6.14. The van der Waals surface area contributed by atoms with Gasteiger partial charge in [0.25, 0.3) is 11.7 Å². The van der Waals surface area contributed by atoms with Crippen molar-refractivity contribution in [3.8, 4) is 11.1 Å². The molecule has 132 valence electrons. The van der Waals surface area contributed by atoms with Crippen LogP contribution in [0.25, 0.3) is 16.6 Å². The average Bonchev–Trinajstić information content (AvgIpc) is 3.07. The monoisotopic (exact) mass is 352 g/mol. The number of hydrogen-bond acceptors (Lipinski definition) is 3. The van der Waals surface area contributed by atoms with E-state index in [4.69, 9.17) is 4.74 Å². The highest BCUT2D eigenvalue weighted by molar-refractivity contribution is 6.43.